The number of nitrogens with zero attached hydrogens (tertiary/aromatic N) is 5. The molecule has 2 aromatic heterocycles. The third-order valence-corrected chi connectivity index (χ3v) is 5.34. The van der Waals surface area contributed by atoms with E-state index in [0.717, 1.165) is 12.8 Å². The van der Waals surface area contributed by atoms with Crippen LogP contribution < -0.4 is 11.2 Å². The number of nitrogens with two attached hydrogens (primary N) is 1. The second-order valence-electron chi connectivity index (χ2n) is 7.27. The maximum Gasteiger partial charge on any atom is 0.247 e. The van der Waals surface area contributed by atoms with Crippen LogP contribution in [0.4, 0.5) is 11.8 Å². The molecule has 0 radical (unpaired) electrons. The molecule has 1 saturated heterocycles. The van der Waals surface area contributed by atoms with E-state index in [4.69, 9.17) is 10.5 Å². The van der Waals surface area contributed by atoms with Gasteiger partial charge in [-0.1, -0.05) is 19.3 Å². The van der Waals surface area contributed by atoms with E-state index in [1.54, 1.807) is 0 Å². The number of aliphatic hydroxyl groups excluding tert-OH is 3. The van der Waals surface area contributed by atoms with Gasteiger partial charge in [0.05, 0.1) is 12.9 Å². The summed E-state index contributed by atoms with van der Waals surface area (Å²) >= 11 is 0. The molecule has 168 valence electrons. The predicted molar refractivity (Wildman–Crippen MR) is 122 cm³/mol. The quantitative estimate of drug-likeness (QED) is 0.311. The molecule has 1 saturated carbocycles. The number of nitrogen functional groups attached to an aromatic ring is 1. The maximum atomic E-state index is 10.3. The standard InChI is InChI=1S/C17H25N7O4.2H2S/c18-14-11-15(22-17(21-14)23-20-6-9-4-2-1-3-5-9)24(8-19-11)16-13(27)12(26)10(7-25)28-16;;/h6,8-10,12-13,16,25-27H,1-5,7H2,(H3,18,21,22,23);2*1H2/b20-6+;;/t10-,12-,13-,16?;;/m1../s1. The van der Waals surface area contributed by atoms with Crippen LogP contribution >= 0.6 is 27.0 Å². The largest absolute Gasteiger partial charge is 0.394 e. The topological polar surface area (TPSA) is 164 Å². The fourth-order valence-corrected chi connectivity index (χ4v) is 3.77. The van der Waals surface area contributed by atoms with Crippen LogP contribution in [0, 0.1) is 5.92 Å². The van der Waals surface area contributed by atoms with Crippen LogP contribution in [0.5, 0.6) is 0 Å². The SMILES string of the molecule is Nc1nc(N/N=C/C2CCCCC2)nc2c1ncn2C1O[C@H](CO)[C@@H](O)[C@H]1O.S.S. The van der Waals surface area contributed by atoms with E-state index < -0.39 is 31.1 Å². The van der Waals surface area contributed by atoms with Crippen molar-refractivity contribution in [3.63, 3.8) is 0 Å². The summed E-state index contributed by atoms with van der Waals surface area (Å²) in [7, 11) is 0. The zero-order chi connectivity index (χ0) is 19.7. The number of hydrogen-bond acceptors (Lipinski definition) is 10. The Hall–Kier alpha value is -1.64. The van der Waals surface area contributed by atoms with Crippen molar-refractivity contribution in [1.29, 1.82) is 0 Å². The van der Waals surface area contributed by atoms with Gasteiger partial charge in [-0.25, -0.2) is 10.4 Å². The molecule has 4 atom stereocenters. The molecule has 4 rings (SSSR count). The van der Waals surface area contributed by atoms with Gasteiger partial charge in [0.25, 0.3) is 0 Å². The summed E-state index contributed by atoms with van der Waals surface area (Å²) in [6.45, 7) is -0.416. The first kappa shape index (κ1) is 24.6. The van der Waals surface area contributed by atoms with Gasteiger partial charge in [-0.2, -0.15) is 42.1 Å². The average molecular weight is 460 g/mol. The molecule has 0 bridgehead atoms. The van der Waals surface area contributed by atoms with Gasteiger partial charge in [-0.3, -0.25) is 4.57 Å². The lowest BCUT2D eigenvalue weighted by molar-refractivity contribution is -0.0511. The Morgan fingerprint density at radius 2 is 1.93 bits per heavy atom. The fraction of sp³-hybridized carbons (Fsp3) is 0.647. The highest BCUT2D eigenvalue weighted by Gasteiger charge is 2.44. The van der Waals surface area contributed by atoms with Gasteiger partial charge in [-0.15, -0.1) is 0 Å². The third kappa shape index (κ3) is 4.81. The monoisotopic (exact) mass is 459 g/mol. The second kappa shape index (κ2) is 10.6. The molecule has 1 aliphatic carbocycles. The number of nitrogens with one attached hydrogen (secondary N) is 1. The van der Waals surface area contributed by atoms with Gasteiger partial charge in [0, 0.05) is 6.21 Å². The maximum absolute atomic E-state index is 10.3. The molecule has 1 aliphatic heterocycles. The highest BCUT2D eigenvalue weighted by atomic mass is 32.1. The summed E-state index contributed by atoms with van der Waals surface area (Å²) in [6, 6.07) is 0. The number of aromatic nitrogens is 4. The van der Waals surface area contributed by atoms with E-state index in [1.807, 2.05) is 6.21 Å². The zero-order valence-corrected chi connectivity index (χ0v) is 18.3. The van der Waals surface area contributed by atoms with E-state index in [0.29, 0.717) is 17.1 Å². The summed E-state index contributed by atoms with van der Waals surface area (Å²) in [5, 5.41) is 33.8. The number of hydrogen-bond donors (Lipinski definition) is 5. The molecule has 2 aromatic rings. The number of ether oxygens (including phenoxy) is 1. The number of fused-ring (bicyclic) bond motifs is 1. The van der Waals surface area contributed by atoms with E-state index >= 15 is 0 Å². The Labute approximate surface area is 187 Å². The first-order valence-electron chi connectivity index (χ1n) is 9.50. The van der Waals surface area contributed by atoms with Crippen LogP contribution in [0.2, 0.25) is 0 Å². The summed E-state index contributed by atoms with van der Waals surface area (Å²) in [5.41, 5.74) is 9.47. The summed E-state index contributed by atoms with van der Waals surface area (Å²) < 4.78 is 7.01. The smallest absolute Gasteiger partial charge is 0.247 e. The minimum atomic E-state index is -1.24. The predicted octanol–water partition coefficient (Wildman–Crippen LogP) is 0.224. The van der Waals surface area contributed by atoms with Crippen molar-refractivity contribution in [2.75, 3.05) is 17.8 Å². The molecule has 13 heteroatoms. The molecule has 6 N–H and O–H groups in total. The van der Waals surface area contributed by atoms with Crippen LogP contribution in [-0.4, -0.2) is 66.0 Å². The Bertz CT molecular complexity index is 862. The molecule has 30 heavy (non-hydrogen) atoms. The number of rotatable bonds is 5. The first-order chi connectivity index (χ1) is 13.6. The minimum absolute atomic E-state index is 0. The summed E-state index contributed by atoms with van der Waals surface area (Å²) in [4.78, 5) is 12.7. The number of anilines is 2. The number of hydrazone groups is 1. The van der Waals surface area contributed by atoms with Crippen molar-refractivity contribution in [3.8, 4) is 0 Å². The Kier molecular flexibility index (Phi) is 8.70. The van der Waals surface area contributed by atoms with Crippen molar-refractivity contribution >= 4 is 56.1 Å². The second-order valence-corrected chi connectivity index (χ2v) is 7.27. The Morgan fingerprint density at radius 3 is 2.60 bits per heavy atom. The molecule has 11 nitrogen and oxygen atoms in total. The first-order valence-corrected chi connectivity index (χ1v) is 9.50. The van der Waals surface area contributed by atoms with Gasteiger partial charge < -0.3 is 25.8 Å². The number of aliphatic hydroxyl groups is 3. The van der Waals surface area contributed by atoms with E-state index in [2.05, 4.69) is 25.5 Å². The van der Waals surface area contributed by atoms with Crippen molar-refractivity contribution < 1.29 is 20.1 Å². The molecule has 0 amide bonds. The lowest BCUT2D eigenvalue weighted by Gasteiger charge is -2.17. The Balaban J connectivity index is 0.00000160. The minimum Gasteiger partial charge on any atom is -0.394 e. The highest BCUT2D eigenvalue weighted by molar-refractivity contribution is 7.59. The van der Waals surface area contributed by atoms with Crippen LogP contribution in [-0.2, 0) is 4.74 Å². The van der Waals surface area contributed by atoms with Crippen LogP contribution in [0.3, 0.4) is 0 Å². The van der Waals surface area contributed by atoms with Gasteiger partial charge in [0.1, 0.15) is 23.8 Å². The molecule has 0 aromatic carbocycles. The summed E-state index contributed by atoms with van der Waals surface area (Å²) in [6.07, 6.45) is 4.95. The zero-order valence-electron chi connectivity index (χ0n) is 16.3. The van der Waals surface area contributed by atoms with Crippen molar-refractivity contribution in [2.45, 2.75) is 56.6 Å². The normalized spacial score (nSPS) is 27.2. The lowest BCUT2D eigenvalue weighted by Crippen LogP contribution is -2.33. The fourth-order valence-electron chi connectivity index (χ4n) is 3.77. The molecular formula is C17H29N7O4S2. The van der Waals surface area contributed by atoms with Crippen molar-refractivity contribution in [2.24, 2.45) is 11.0 Å². The average Bonchev–Trinajstić information content (AvgIpc) is 3.24. The molecule has 0 spiro atoms. The van der Waals surface area contributed by atoms with Gasteiger partial charge in [-0.05, 0) is 18.8 Å². The van der Waals surface area contributed by atoms with E-state index in [9.17, 15) is 15.3 Å². The van der Waals surface area contributed by atoms with Crippen molar-refractivity contribution in [3.05, 3.63) is 6.33 Å². The number of imidazole rings is 1. The Morgan fingerprint density at radius 1 is 1.20 bits per heavy atom. The highest BCUT2D eigenvalue weighted by Crippen LogP contribution is 2.32. The molecular weight excluding hydrogens is 430 g/mol. The van der Waals surface area contributed by atoms with Crippen LogP contribution in [0.1, 0.15) is 38.3 Å². The third-order valence-electron chi connectivity index (χ3n) is 5.34. The van der Waals surface area contributed by atoms with Crippen LogP contribution in [0.25, 0.3) is 11.2 Å². The lowest BCUT2D eigenvalue weighted by atomic mass is 9.90. The van der Waals surface area contributed by atoms with Crippen LogP contribution in [0.15, 0.2) is 11.4 Å². The van der Waals surface area contributed by atoms with Gasteiger partial charge >= 0.3 is 0 Å². The van der Waals surface area contributed by atoms with Gasteiger partial charge in [0.2, 0.25) is 5.95 Å². The summed E-state index contributed by atoms with van der Waals surface area (Å²) in [5.74, 6) is 0.809. The molecule has 2 fully saturated rings. The van der Waals surface area contributed by atoms with Gasteiger partial charge in [0.15, 0.2) is 17.7 Å². The van der Waals surface area contributed by atoms with E-state index in [-0.39, 0.29) is 38.8 Å². The molecule has 2 aliphatic rings. The molecule has 1 unspecified atom stereocenters. The van der Waals surface area contributed by atoms with E-state index in [1.165, 1.54) is 30.2 Å². The van der Waals surface area contributed by atoms with Crippen molar-refractivity contribution in [1.82, 2.24) is 19.5 Å². The molecule has 3 heterocycles.